The number of rotatable bonds is 7. The third kappa shape index (κ3) is 5.30. The summed E-state index contributed by atoms with van der Waals surface area (Å²) in [6, 6.07) is 26.8. The molecule has 3 aromatic carbocycles. The maximum atomic E-state index is 12.4. The second-order valence-corrected chi connectivity index (χ2v) is 6.57. The highest BCUT2D eigenvalue weighted by molar-refractivity contribution is 5.85. The van der Waals surface area contributed by atoms with Gasteiger partial charge in [0.05, 0.1) is 13.5 Å². The van der Waals surface area contributed by atoms with Gasteiger partial charge < -0.3 is 10.1 Å². The van der Waals surface area contributed by atoms with Crippen LogP contribution in [0.25, 0.3) is 11.1 Å². The van der Waals surface area contributed by atoms with Crippen LogP contribution in [0, 0.1) is 0 Å². The predicted octanol–water partition coefficient (Wildman–Crippen LogP) is 3.80. The highest BCUT2D eigenvalue weighted by atomic mass is 16.5. The number of esters is 1. The zero-order chi connectivity index (χ0) is 19.8. The molecule has 142 valence electrons. The topological polar surface area (TPSA) is 55.4 Å². The molecule has 0 aromatic heterocycles. The average molecular weight is 373 g/mol. The van der Waals surface area contributed by atoms with Crippen LogP contribution in [-0.2, 0) is 27.2 Å². The Hall–Kier alpha value is -3.40. The van der Waals surface area contributed by atoms with Gasteiger partial charge in [0.15, 0.2) is 0 Å². The number of carbonyl (C=O) groups excluding carboxylic acids is 2. The van der Waals surface area contributed by atoms with Crippen molar-refractivity contribution in [3.05, 3.63) is 96.1 Å². The number of hydrogen-bond donors (Lipinski definition) is 1. The molecule has 0 aliphatic rings. The Kier molecular flexibility index (Phi) is 6.58. The molecule has 4 nitrogen and oxygen atoms in total. The number of methoxy groups -OCH3 is 1. The van der Waals surface area contributed by atoms with E-state index < -0.39 is 12.0 Å². The first-order valence-electron chi connectivity index (χ1n) is 9.21. The Morgan fingerprint density at radius 2 is 1.36 bits per heavy atom. The van der Waals surface area contributed by atoms with Crippen LogP contribution in [-0.4, -0.2) is 25.0 Å². The number of nitrogens with one attached hydrogen (secondary N) is 1. The Labute approximate surface area is 165 Å². The van der Waals surface area contributed by atoms with Crippen LogP contribution in [0.5, 0.6) is 0 Å². The highest BCUT2D eigenvalue weighted by Crippen LogP contribution is 2.19. The van der Waals surface area contributed by atoms with Crippen LogP contribution in [0.4, 0.5) is 0 Å². The van der Waals surface area contributed by atoms with Crippen LogP contribution in [0.3, 0.4) is 0 Å². The smallest absolute Gasteiger partial charge is 0.328 e. The summed E-state index contributed by atoms with van der Waals surface area (Å²) >= 11 is 0. The van der Waals surface area contributed by atoms with Crippen LogP contribution in [0.2, 0.25) is 0 Å². The molecular weight excluding hydrogens is 350 g/mol. The lowest BCUT2D eigenvalue weighted by molar-refractivity contribution is -0.145. The van der Waals surface area contributed by atoms with Gasteiger partial charge in [-0.1, -0.05) is 84.9 Å². The second-order valence-electron chi connectivity index (χ2n) is 6.57. The van der Waals surface area contributed by atoms with E-state index in [9.17, 15) is 9.59 Å². The summed E-state index contributed by atoms with van der Waals surface area (Å²) in [5.41, 5.74) is 4.09. The van der Waals surface area contributed by atoms with Crippen molar-refractivity contribution in [2.45, 2.75) is 18.9 Å². The van der Waals surface area contributed by atoms with Gasteiger partial charge in [-0.25, -0.2) is 4.79 Å². The second kappa shape index (κ2) is 9.51. The fourth-order valence-electron chi connectivity index (χ4n) is 3.06. The summed E-state index contributed by atoms with van der Waals surface area (Å²) in [7, 11) is 1.33. The molecule has 0 aliphatic carbocycles. The molecule has 0 radical (unpaired) electrons. The number of benzene rings is 3. The fraction of sp³-hybridized carbons (Fsp3) is 0.167. The molecule has 3 aromatic rings. The van der Waals surface area contributed by atoms with Crippen LogP contribution >= 0.6 is 0 Å². The minimum Gasteiger partial charge on any atom is -0.467 e. The molecule has 3 rings (SSSR count). The van der Waals surface area contributed by atoms with Gasteiger partial charge >= 0.3 is 5.97 Å². The Morgan fingerprint density at radius 1 is 0.786 bits per heavy atom. The normalized spacial score (nSPS) is 11.5. The zero-order valence-corrected chi connectivity index (χ0v) is 15.8. The van der Waals surface area contributed by atoms with Gasteiger partial charge in [-0.2, -0.15) is 0 Å². The van der Waals surface area contributed by atoms with Crippen molar-refractivity contribution in [2.75, 3.05) is 7.11 Å². The van der Waals surface area contributed by atoms with Crippen molar-refractivity contribution in [2.24, 2.45) is 0 Å². The first-order chi connectivity index (χ1) is 13.7. The fourth-order valence-corrected chi connectivity index (χ4v) is 3.06. The largest absolute Gasteiger partial charge is 0.467 e. The van der Waals surface area contributed by atoms with Crippen LogP contribution in [0.1, 0.15) is 11.1 Å². The molecule has 28 heavy (non-hydrogen) atoms. The number of carbonyl (C=O) groups is 2. The van der Waals surface area contributed by atoms with Gasteiger partial charge in [0.1, 0.15) is 6.04 Å². The summed E-state index contributed by atoms with van der Waals surface area (Å²) in [5.74, 6) is -0.656. The van der Waals surface area contributed by atoms with Crippen molar-refractivity contribution in [3.63, 3.8) is 0 Å². The minimum atomic E-state index is -0.719. The third-order valence-corrected chi connectivity index (χ3v) is 4.53. The molecule has 0 heterocycles. The Balaban J connectivity index is 1.67. The summed E-state index contributed by atoms with van der Waals surface area (Å²) < 4.78 is 4.88. The van der Waals surface area contributed by atoms with Gasteiger partial charge in [0.2, 0.25) is 5.91 Å². The number of ether oxygens (including phenoxy) is 1. The molecule has 1 atom stereocenters. The predicted molar refractivity (Wildman–Crippen MR) is 110 cm³/mol. The van der Waals surface area contributed by atoms with E-state index in [1.807, 2.05) is 72.8 Å². The Bertz CT molecular complexity index is 906. The molecule has 0 spiro atoms. The van der Waals surface area contributed by atoms with Crippen molar-refractivity contribution < 1.29 is 14.3 Å². The van der Waals surface area contributed by atoms with Gasteiger partial charge in [-0.05, 0) is 22.3 Å². The van der Waals surface area contributed by atoms with Crippen LogP contribution in [0.15, 0.2) is 84.9 Å². The molecule has 1 N–H and O–H groups in total. The number of amides is 1. The molecule has 0 bridgehead atoms. The van der Waals surface area contributed by atoms with Gasteiger partial charge in [0.25, 0.3) is 0 Å². The van der Waals surface area contributed by atoms with E-state index >= 15 is 0 Å². The summed E-state index contributed by atoms with van der Waals surface area (Å²) in [4.78, 5) is 24.5. The van der Waals surface area contributed by atoms with Crippen molar-refractivity contribution in [3.8, 4) is 11.1 Å². The van der Waals surface area contributed by atoms with Crippen molar-refractivity contribution in [1.29, 1.82) is 0 Å². The van der Waals surface area contributed by atoms with E-state index in [4.69, 9.17) is 4.74 Å². The highest BCUT2D eigenvalue weighted by Gasteiger charge is 2.22. The number of hydrogen-bond acceptors (Lipinski definition) is 3. The lowest BCUT2D eigenvalue weighted by Gasteiger charge is -2.17. The zero-order valence-electron chi connectivity index (χ0n) is 15.8. The van der Waals surface area contributed by atoms with E-state index in [1.54, 1.807) is 0 Å². The standard InChI is InChI=1S/C24H23NO3/c1-28-24(27)22(25-23(26)17-18-8-4-2-5-9-18)16-19-12-14-21(15-13-19)20-10-6-3-7-11-20/h2-15,22H,16-17H2,1H3,(H,25,26)/t22-/m0/s1. The molecule has 0 saturated carbocycles. The lowest BCUT2D eigenvalue weighted by atomic mass is 10.0. The summed E-state index contributed by atoms with van der Waals surface area (Å²) in [6.07, 6.45) is 0.601. The molecule has 0 aliphatic heterocycles. The molecule has 0 fully saturated rings. The molecular formula is C24H23NO3. The van der Waals surface area contributed by atoms with E-state index in [1.165, 1.54) is 7.11 Å². The molecule has 0 saturated heterocycles. The monoisotopic (exact) mass is 373 g/mol. The van der Waals surface area contributed by atoms with Gasteiger partial charge in [-0.15, -0.1) is 0 Å². The van der Waals surface area contributed by atoms with Crippen molar-refractivity contribution >= 4 is 11.9 Å². The quantitative estimate of drug-likeness (QED) is 0.641. The minimum absolute atomic E-state index is 0.206. The van der Waals surface area contributed by atoms with Crippen LogP contribution < -0.4 is 5.32 Å². The van der Waals surface area contributed by atoms with Gasteiger partial charge in [-0.3, -0.25) is 4.79 Å². The third-order valence-electron chi connectivity index (χ3n) is 4.53. The van der Waals surface area contributed by atoms with Gasteiger partial charge in [0, 0.05) is 6.42 Å². The summed E-state index contributed by atoms with van der Waals surface area (Å²) in [6.45, 7) is 0. The maximum absolute atomic E-state index is 12.4. The molecule has 0 unspecified atom stereocenters. The van der Waals surface area contributed by atoms with E-state index in [2.05, 4.69) is 17.4 Å². The first-order valence-corrected chi connectivity index (χ1v) is 9.21. The lowest BCUT2D eigenvalue weighted by Crippen LogP contribution is -2.43. The molecule has 1 amide bonds. The van der Waals surface area contributed by atoms with E-state index in [0.29, 0.717) is 6.42 Å². The Morgan fingerprint density at radius 3 is 1.96 bits per heavy atom. The maximum Gasteiger partial charge on any atom is 0.328 e. The summed E-state index contributed by atoms with van der Waals surface area (Å²) in [5, 5.41) is 2.80. The first kappa shape index (κ1) is 19.4. The van der Waals surface area contributed by atoms with E-state index in [0.717, 1.165) is 22.3 Å². The average Bonchev–Trinajstić information content (AvgIpc) is 2.74. The SMILES string of the molecule is COC(=O)[C@H](Cc1ccc(-c2ccccc2)cc1)NC(=O)Cc1ccccc1. The van der Waals surface area contributed by atoms with E-state index in [-0.39, 0.29) is 12.3 Å². The molecule has 4 heteroatoms. The van der Waals surface area contributed by atoms with Crippen molar-refractivity contribution in [1.82, 2.24) is 5.32 Å².